The Balaban J connectivity index is 2.53. The van der Waals surface area contributed by atoms with E-state index in [0.29, 0.717) is 11.8 Å². The lowest BCUT2D eigenvalue weighted by Crippen LogP contribution is -2.28. The molecular formula is C16H27NO. The fraction of sp³-hybridized carbons (Fsp3) is 0.625. The molecule has 18 heavy (non-hydrogen) atoms. The SMILES string of the molecule is CCCNCC(Cc1ccc(OC)cc1)C(C)C. The summed E-state index contributed by atoms with van der Waals surface area (Å²) in [7, 11) is 1.71. The molecule has 0 heterocycles. The molecule has 1 aromatic rings. The van der Waals surface area contributed by atoms with Crippen LogP contribution < -0.4 is 10.1 Å². The average molecular weight is 249 g/mol. The fourth-order valence-corrected chi connectivity index (χ4v) is 2.07. The number of benzene rings is 1. The first kappa shape index (κ1) is 15.0. The highest BCUT2D eigenvalue weighted by Crippen LogP contribution is 2.19. The molecule has 1 aromatic carbocycles. The molecule has 2 nitrogen and oxygen atoms in total. The number of ether oxygens (including phenoxy) is 1. The van der Waals surface area contributed by atoms with Crippen LogP contribution in [0.5, 0.6) is 5.75 Å². The minimum Gasteiger partial charge on any atom is -0.497 e. The van der Waals surface area contributed by atoms with E-state index in [2.05, 4.69) is 38.2 Å². The molecule has 1 rings (SSSR count). The third kappa shape index (κ3) is 5.09. The molecule has 0 aliphatic rings. The van der Waals surface area contributed by atoms with Crippen molar-refractivity contribution in [2.24, 2.45) is 11.8 Å². The Morgan fingerprint density at radius 1 is 1.17 bits per heavy atom. The third-order valence-electron chi connectivity index (χ3n) is 3.43. The molecule has 1 atom stereocenters. The fourth-order valence-electron chi connectivity index (χ4n) is 2.07. The van der Waals surface area contributed by atoms with Crippen LogP contribution in [0, 0.1) is 11.8 Å². The molecule has 0 aliphatic carbocycles. The van der Waals surface area contributed by atoms with E-state index in [1.54, 1.807) is 7.11 Å². The van der Waals surface area contributed by atoms with Gasteiger partial charge in [0.05, 0.1) is 7.11 Å². The summed E-state index contributed by atoms with van der Waals surface area (Å²) in [6.45, 7) is 9.05. The third-order valence-corrected chi connectivity index (χ3v) is 3.43. The summed E-state index contributed by atoms with van der Waals surface area (Å²) in [5.74, 6) is 2.34. The first-order valence-electron chi connectivity index (χ1n) is 7.01. The van der Waals surface area contributed by atoms with Crippen molar-refractivity contribution in [3.63, 3.8) is 0 Å². The molecule has 0 bridgehead atoms. The normalized spacial score (nSPS) is 12.7. The summed E-state index contributed by atoms with van der Waals surface area (Å²) in [5.41, 5.74) is 1.40. The predicted molar refractivity (Wildman–Crippen MR) is 78.2 cm³/mol. The van der Waals surface area contributed by atoms with Crippen molar-refractivity contribution in [1.29, 1.82) is 0 Å². The van der Waals surface area contributed by atoms with Gasteiger partial charge in [0.2, 0.25) is 0 Å². The van der Waals surface area contributed by atoms with Crippen molar-refractivity contribution >= 4 is 0 Å². The standard InChI is InChI=1S/C16H27NO/c1-5-10-17-12-15(13(2)3)11-14-6-8-16(18-4)9-7-14/h6-9,13,15,17H,5,10-12H2,1-4H3. The monoisotopic (exact) mass is 249 g/mol. The molecule has 0 saturated heterocycles. The van der Waals surface area contributed by atoms with Gasteiger partial charge in [-0.2, -0.15) is 0 Å². The van der Waals surface area contributed by atoms with E-state index < -0.39 is 0 Å². The number of hydrogen-bond donors (Lipinski definition) is 1. The molecule has 102 valence electrons. The van der Waals surface area contributed by atoms with Crippen molar-refractivity contribution in [1.82, 2.24) is 5.32 Å². The first-order valence-corrected chi connectivity index (χ1v) is 7.01. The Kier molecular flexibility index (Phi) is 6.81. The van der Waals surface area contributed by atoms with Crippen LogP contribution in [0.1, 0.15) is 32.8 Å². The maximum Gasteiger partial charge on any atom is 0.118 e. The van der Waals surface area contributed by atoms with Gasteiger partial charge in [0.15, 0.2) is 0 Å². The maximum absolute atomic E-state index is 5.19. The largest absolute Gasteiger partial charge is 0.497 e. The number of rotatable bonds is 8. The van der Waals surface area contributed by atoms with Crippen LogP contribution in [-0.2, 0) is 6.42 Å². The van der Waals surface area contributed by atoms with Gasteiger partial charge >= 0.3 is 0 Å². The van der Waals surface area contributed by atoms with E-state index in [4.69, 9.17) is 4.74 Å². The molecular weight excluding hydrogens is 222 g/mol. The van der Waals surface area contributed by atoms with Crippen molar-refractivity contribution in [2.75, 3.05) is 20.2 Å². The van der Waals surface area contributed by atoms with Gasteiger partial charge in [-0.05, 0) is 55.5 Å². The summed E-state index contributed by atoms with van der Waals surface area (Å²) < 4.78 is 5.19. The minimum absolute atomic E-state index is 0.699. The molecule has 1 N–H and O–H groups in total. The van der Waals surface area contributed by atoms with E-state index in [9.17, 15) is 0 Å². The Morgan fingerprint density at radius 2 is 1.83 bits per heavy atom. The highest BCUT2D eigenvalue weighted by atomic mass is 16.5. The van der Waals surface area contributed by atoms with Crippen LogP contribution in [0.3, 0.4) is 0 Å². The molecule has 0 aliphatic heterocycles. The van der Waals surface area contributed by atoms with Crippen LogP contribution in [0.2, 0.25) is 0 Å². The zero-order valence-corrected chi connectivity index (χ0v) is 12.2. The van der Waals surface area contributed by atoms with Gasteiger partial charge in [-0.3, -0.25) is 0 Å². The Morgan fingerprint density at radius 3 is 2.33 bits per heavy atom. The summed E-state index contributed by atoms with van der Waals surface area (Å²) in [5, 5.41) is 3.53. The van der Waals surface area contributed by atoms with Gasteiger partial charge in [0, 0.05) is 0 Å². The van der Waals surface area contributed by atoms with E-state index in [-0.39, 0.29) is 0 Å². The van der Waals surface area contributed by atoms with Gasteiger partial charge in [-0.15, -0.1) is 0 Å². The molecule has 0 amide bonds. The lowest BCUT2D eigenvalue weighted by atomic mass is 9.89. The topological polar surface area (TPSA) is 21.3 Å². The van der Waals surface area contributed by atoms with Crippen LogP contribution >= 0.6 is 0 Å². The zero-order valence-electron chi connectivity index (χ0n) is 12.2. The van der Waals surface area contributed by atoms with Crippen LogP contribution in [0.25, 0.3) is 0 Å². The molecule has 0 saturated carbocycles. The lowest BCUT2D eigenvalue weighted by Gasteiger charge is -2.21. The second-order valence-corrected chi connectivity index (χ2v) is 5.26. The lowest BCUT2D eigenvalue weighted by molar-refractivity contribution is 0.360. The second-order valence-electron chi connectivity index (χ2n) is 5.26. The van der Waals surface area contributed by atoms with Gasteiger partial charge < -0.3 is 10.1 Å². The summed E-state index contributed by atoms with van der Waals surface area (Å²) in [6, 6.07) is 8.44. The Labute approximate surface area is 112 Å². The maximum atomic E-state index is 5.19. The average Bonchev–Trinajstić information content (AvgIpc) is 2.38. The van der Waals surface area contributed by atoms with Gasteiger partial charge in [0.1, 0.15) is 5.75 Å². The van der Waals surface area contributed by atoms with Crippen molar-refractivity contribution < 1.29 is 4.74 Å². The molecule has 0 radical (unpaired) electrons. The van der Waals surface area contributed by atoms with Crippen LogP contribution in [0.15, 0.2) is 24.3 Å². The van der Waals surface area contributed by atoms with Gasteiger partial charge in [-0.25, -0.2) is 0 Å². The van der Waals surface area contributed by atoms with E-state index in [1.807, 2.05) is 12.1 Å². The molecule has 2 heteroatoms. The number of hydrogen-bond acceptors (Lipinski definition) is 2. The second kappa shape index (κ2) is 8.15. The molecule has 0 spiro atoms. The molecule has 0 fully saturated rings. The van der Waals surface area contributed by atoms with Crippen LogP contribution in [0.4, 0.5) is 0 Å². The van der Waals surface area contributed by atoms with Crippen molar-refractivity contribution in [3.05, 3.63) is 29.8 Å². The van der Waals surface area contributed by atoms with Crippen molar-refractivity contribution in [2.45, 2.75) is 33.6 Å². The summed E-state index contributed by atoms with van der Waals surface area (Å²) >= 11 is 0. The highest BCUT2D eigenvalue weighted by Gasteiger charge is 2.13. The van der Waals surface area contributed by atoms with Crippen molar-refractivity contribution in [3.8, 4) is 5.75 Å². The zero-order chi connectivity index (χ0) is 13.4. The highest BCUT2D eigenvalue weighted by molar-refractivity contribution is 5.27. The molecule has 1 unspecified atom stereocenters. The number of methoxy groups -OCH3 is 1. The minimum atomic E-state index is 0.699. The summed E-state index contributed by atoms with van der Waals surface area (Å²) in [4.78, 5) is 0. The first-order chi connectivity index (χ1) is 8.67. The van der Waals surface area contributed by atoms with E-state index in [1.165, 1.54) is 12.0 Å². The van der Waals surface area contributed by atoms with Crippen LogP contribution in [-0.4, -0.2) is 20.2 Å². The quantitative estimate of drug-likeness (QED) is 0.712. The Hall–Kier alpha value is -1.02. The van der Waals surface area contributed by atoms with Gasteiger partial charge in [0.25, 0.3) is 0 Å². The summed E-state index contributed by atoms with van der Waals surface area (Å²) in [6.07, 6.45) is 2.34. The van der Waals surface area contributed by atoms with E-state index in [0.717, 1.165) is 25.3 Å². The van der Waals surface area contributed by atoms with E-state index >= 15 is 0 Å². The number of nitrogens with one attached hydrogen (secondary N) is 1. The molecule has 0 aromatic heterocycles. The smallest absolute Gasteiger partial charge is 0.118 e. The Bertz CT molecular complexity index is 318. The van der Waals surface area contributed by atoms with Gasteiger partial charge in [-0.1, -0.05) is 32.9 Å². The predicted octanol–water partition coefficient (Wildman–Crippen LogP) is 3.51.